The van der Waals surface area contributed by atoms with Crippen molar-refractivity contribution >= 4 is 25.7 Å². The van der Waals surface area contributed by atoms with Gasteiger partial charge in [0.1, 0.15) is 12.6 Å². The third-order valence-corrected chi connectivity index (χ3v) is 9.90. The van der Waals surface area contributed by atoms with E-state index in [1.165, 1.54) is 109 Å². The van der Waals surface area contributed by atoms with Gasteiger partial charge in [0.05, 0.1) is 13.2 Å². The molecule has 0 saturated heterocycles. The number of phosphoric acid groups is 1. The van der Waals surface area contributed by atoms with Gasteiger partial charge in [-0.25, -0.2) is 4.57 Å². The Hall–Kier alpha value is -2.04. The average Bonchev–Trinajstić information content (AvgIpc) is 3.13. The number of esters is 2. The van der Waals surface area contributed by atoms with Crippen molar-refractivity contribution in [3.8, 4) is 0 Å². The maximum Gasteiger partial charge on any atom is 0.472 e. The van der Waals surface area contributed by atoms with Gasteiger partial charge in [-0.15, -0.1) is 0 Å². The fourth-order valence-electron chi connectivity index (χ4n) is 5.63. The molecule has 0 spiro atoms. The predicted octanol–water partition coefficient (Wildman–Crippen LogP) is 10.7. The van der Waals surface area contributed by atoms with Crippen LogP contribution in [0.5, 0.6) is 0 Å². The first-order chi connectivity index (χ1) is 25.6. The number of rotatable bonds is 39. The van der Waals surface area contributed by atoms with Gasteiger partial charge in [-0.05, 0) is 38.5 Å². The van der Waals surface area contributed by atoms with Crippen LogP contribution in [0, 0.1) is 0 Å². The van der Waals surface area contributed by atoms with E-state index in [0.717, 1.165) is 32.1 Å². The Kier molecular flexibility index (Phi) is 35.5. The molecular formula is C41H76NO10P. The van der Waals surface area contributed by atoms with Crippen LogP contribution < -0.4 is 5.73 Å². The van der Waals surface area contributed by atoms with Gasteiger partial charge in [0.15, 0.2) is 6.10 Å². The van der Waals surface area contributed by atoms with E-state index in [1.807, 2.05) is 6.08 Å². The first-order valence-corrected chi connectivity index (χ1v) is 22.4. The van der Waals surface area contributed by atoms with E-state index in [9.17, 15) is 23.8 Å². The van der Waals surface area contributed by atoms with Gasteiger partial charge in [0.25, 0.3) is 0 Å². The second-order valence-corrected chi connectivity index (χ2v) is 15.6. The van der Waals surface area contributed by atoms with E-state index < -0.39 is 51.1 Å². The second-order valence-electron chi connectivity index (χ2n) is 14.1. The standard InChI is InChI=1S/C41H76NO10P/c1-3-5-7-9-11-13-15-17-18-19-20-21-23-25-27-29-31-33-40(44)52-37(35-50-53(47,48)51-36-38(42)41(45)46)34-49-39(43)32-30-28-26-24-22-16-14-12-10-8-6-4-2/h20-21,25,27,37-38H,3-19,22-24,26,28-36,42H2,1-2H3,(H,45,46)(H,47,48)/b21-20+,27-25+/t37-,38+/m1/s1. The van der Waals surface area contributed by atoms with Crippen molar-refractivity contribution in [3.63, 3.8) is 0 Å². The Morgan fingerprint density at radius 1 is 0.585 bits per heavy atom. The Bertz CT molecular complexity index is 1010. The minimum Gasteiger partial charge on any atom is -0.480 e. The number of ether oxygens (including phenoxy) is 2. The highest BCUT2D eigenvalue weighted by Gasteiger charge is 2.28. The lowest BCUT2D eigenvalue weighted by Crippen LogP contribution is -2.34. The van der Waals surface area contributed by atoms with Crippen LogP contribution in [0.25, 0.3) is 0 Å². The Balaban J connectivity index is 4.44. The molecule has 4 N–H and O–H groups in total. The highest BCUT2D eigenvalue weighted by Crippen LogP contribution is 2.43. The number of allylic oxidation sites excluding steroid dienone is 4. The average molecular weight is 774 g/mol. The Labute approximate surface area is 321 Å². The Morgan fingerprint density at radius 2 is 1.02 bits per heavy atom. The van der Waals surface area contributed by atoms with Crippen molar-refractivity contribution in [1.29, 1.82) is 0 Å². The number of carbonyl (C=O) groups excluding carboxylic acids is 2. The number of carboxylic acid groups (broad SMARTS) is 1. The lowest BCUT2D eigenvalue weighted by atomic mass is 10.0. The zero-order valence-electron chi connectivity index (χ0n) is 33.4. The largest absolute Gasteiger partial charge is 0.480 e. The summed E-state index contributed by atoms with van der Waals surface area (Å²) >= 11 is 0. The van der Waals surface area contributed by atoms with Crippen LogP contribution in [0.4, 0.5) is 0 Å². The zero-order chi connectivity index (χ0) is 39.3. The molecule has 12 heteroatoms. The van der Waals surface area contributed by atoms with Gasteiger partial charge in [-0.2, -0.15) is 0 Å². The minimum atomic E-state index is -4.72. The van der Waals surface area contributed by atoms with Gasteiger partial charge in [0.2, 0.25) is 0 Å². The highest BCUT2D eigenvalue weighted by atomic mass is 31.2. The molecule has 0 fully saturated rings. The van der Waals surface area contributed by atoms with E-state index in [0.29, 0.717) is 19.3 Å². The number of hydrogen-bond acceptors (Lipinski definition) is 9. The van der Waals surface area contributed by atoms with Crippen molar-refractivity contribution < 1.29 is 47.5 Å². The van der Waals surface area contributed by atoms with Crippen molar-refractivity contribution in [2.45, 2.75) is 199 Å². The lowest BCUT2D eigenvalue weighted by Gasteiger charge is -2.20. The van der Waals surface area contributed by atoms with Gasteiger partial charge >= 0.3 is 25.7 Å². The highest BCUT2D eigenvalue weighted by molar-refractivity contribution is 7.47. The summed E-state index contributed by atoms with van der Waals surface area (Å²) in [4.78, 5) is 45.8. The quantitative estimate of drug-likeness (QED) is 0.0235. The number of nitrogens with two attached hydrogens (primary N) is 1. The number of carbonyl (C=O) groups is 3. The molecule has 1 unspecified atom stereocenters. The molecule has 0 saturated carbocycles. The third-order valence-electron chi connectivity index (χ3n) is 8.95. The summed E-state index contributed by atoms with van der Waals surface area (Å²) in [5.41, 5.74) is 5.32. The number of aliphatic carboxylic acids is 1. The van der Waals surface area contributed by atoms with Crippen molar-refractivity contribution in [2.75, 3.05) is 19.8 Å². The third kappa shape index (κ3) is 36.7. The molecule has 0 aliphatic rings. The molecule has 0 rings (SSSR count). The number of hydrogen-bond donors (Lipinski definition) is 3. The summed E-state index contributed by atoms with van der Waals surface area (Å²) < 4.78 is 32.6. The SMILES string of the molecule is CCCCCCCCCCC/C=C/C/C=C/CCCC(=O)O[C@H](COC(=O)CCCCCCCCCCCCCC)COP(=O)(O)OC[C@H](N)C(=O)O. The molecule has 0 aromatic carbocycles. The summed E-state index contributed by atoms with van der Waals surface area (Å²) in [6.07, 6.45) is 36.8. The van der Waals surface area contributed by atoms with Crippen LogP contribution in [-0.4, -0.2) is 59.9 Å². The molecule has 11 nitrogen and oxygen atoms in total. The summed E-state index contributed by atoms with van der Waals surface area (Å²) in [5.74, 6) is -2.43. The van der Waals surface area contributed by atoms with E-state index in [4.69, 9.17) is 24.8 Å². The predicted molar refractivity (Wildman–Crippen MR) is 212 cm³/mol. The molecular weight excluding hydrogens is 697 g/mol. The molecule has 3 atom stereocenters. The summed E-state index contributed by atoms with van der Waals surface area (Å²) in [5, 5.41) is 8.87. The number of carboxylic acids is 1. The summed E-state index contributed by atoms with van der Waals surface area (Å²) in [6.45, 7) is 2.76. The second kappa shape index (κ2) is 36.9. The topological polar surface area (TPSA) is 172 Å². The summed E-state index contributed by atoms with van der Waals surface area (Å²) in [6, 6.07) is -1.52. The van der Waals surface area contributed by atoms with Crippen molar-refractivity contribution in [3.05, 3.63) is 24.3 Å². The minimum absolute atomic E-state index is 0.100. The van der Waals surface area contributed by atoms with Gasteiger partial charge in [-0.3, -0.25) is 23.4 Å². The smallest absolute Gasteiger partial charge is 0.472 e. The molecule has 53 heavy (non-hydrogen) atoms. The van der Waals surface area contributed by atoms with Crippen LogP contribution in [0.3, 0.4) is 0 Å². The van der Waals surface area contributed by atoms with Gasteiger partial charge < -0.3 is 25.2 Å². The molecule has 0 heterocycles. The Morgan fingerprint density at radius 3 is 1.53 bits per heavy atom. The first-order valence-electron chi connectivity index (χ1n) is 20.9. The fourth-order valence-corrected chi connectivity index (χ4v) is 6.41. The molecule has 0 aromatic rings. The van der Waals surface area contributed by atoms with E-state index in [-0.39, 0.29) is 19.4 Å². The molecule has 0 amide bonds. The van der Waals surface area contributed by atoms with E-state index >= 15 is 0 Å². The molecule has 0 bridgehead atoms. The fraction of sp³-hybridized carbons (Fsp3) is 0.829. The van der Waals surface area contributed by atoms with E-state index in [1.54, 1.807) is 0 Å². The molecule has 0 radical (unpaired) electrons. The molecule has 0 aliphatic carbocycles. The van der Waals surface area contributed by atoms with E-state index in [2.05, 4.69) is 36.6 Å². The van der Waals surface area contributed by atoms with Gasteiger partial charge in [0, 0.05) is 12.8 Å². The molecule has 0 aliphatic heterocycles. The van der Waals surface area contributed by atoms with Crippen LogP contribution in [0.1, 0.15) is 187 Å². The molecule has 0 aromatic heterocycles. The number of phosphoric ester groups is 1. The van der Waals surface area contributed by atoms with Crippen molar-refractivity contribution in [2.24, 2.45) is 5.73 Å². The van der Waals surface area contributed by atoms with Crippen LogP contribution in [-0.2, 0) is 37.5 Å². The summed E-state index contributed by atoms with van der Waals surface area (Å²) in [7, 11) is -4.72. The van der Waals surface area contributed by atoms with Crippen LogP contribution >= 0.6 is 7.82 Å². The van der Waals surface area contributed by atoms with Crippen molar-refractivity contribution in [1.82, 2.24) is 0 Å². The monoisotopic (exact) mass is 774 g/mol. The normalized spacial score (nSPS) is 14.0. The number of unbranched alkanes of at least 4 members (excludes halogenated alkanes) is 21. The zero-order valence-corrected chi connectivity index (χ0v) is 34.3. The lowest BCUT2D eigenvalue weighted by molar-refractivity contribution is -0.161. The van der Waals surface area contributed by atoms with Crippen LogP contribution in [0.15, 0.2) is 24.3 Å². The maximum absolute atomic E-state index is 12.6. The van der Waals surface area contributed by atoms with Crippen LogP contribution in [0.2, 0.25) is 0 Å². The maximum atomic E-state index is 12.6. The molecule has 310 valence electrons. The van der Waals surface area contributed by atoms with Gasteiger partial charge in [-0.1, -0.05) is 160 Å². The first kappa shape index (κ1) is 51.0.